The summed E-state index contributed by atoms with van der Waals surface area (Å²) >= 11 is 0. The zero-order valence-corrected chi connectivity index (χ0v) is 49.4. The number of para-hydroxylation sites is 4. The van der Waals surface area contributed by atoms with Crippen molar-refractivity contribution in [3.8, 4) is 22.5 Å². The number of aryl methyl sites for hydroxylation is 1. The first kappa shape index (κ1) is 51.9. The molecule has 406 valence electrons. The maximum Gasteiger partial charge on any atom is 0.276 e. The van der Waals surface area contributed by atoms with Gasteiger partial charge in [0.2, 0.25) is 0 Å². The summed E-state index contributed by atoms with van der Waals surface area (Å²) in [6.45, 7) is 22.6. The monoisotopic (exact) mass is 1080 g/mol. The van der Waals surface area contributed by atoms with Crippen molar-refractivity contribution >= 4 is 96.4 Å². The Morgan fingerprint density at radius 2 is 0.819 bits per heavy atom. The summed E-state index contributed by atoms with van der Waals surface area (Å²) in [5.74, 6) is 1.14. The Balaban J connectivity index is 1.10. The maximum atomic E-state index is 2.60. The standard InChI is InChI=1S/C77H70BN5/c1-51-47-68-71-69(48-51)83(62-30-22-23-53(49-62)52-33-35-54(36-34-52)75(2,3)4)74-70(64-31-20-21-32-66(64)82(74)59-28-18-13-19-29-59)78(71)73-72(80(68)57-24-14-11-15-25-57)65-50-63(45-46-67(65)81(73)58-26-16-12-17-27-58)79(60-41-37-55(38-42-60)76(5,6)7)61-43-39-56(40-44-61)77(8,9)10/h11-50H,1-10H3. The summed E-state index contributed by atoms with van der Waals surface area (Å²) in [5.41, 5.74) is 24.9. The van der Waals surface area contributed by atoms with Gasteiger partial charge < -0.3 is 14.4 Å². The molecule has 0 fully saturated rings. The minimum absolute atomic E-state index is 0.0117. The first-order valence-corrected chi connectivity index (χ1v) is 29.5. The van der Waals surface area contributed by atoms with Crippen LogP contribution < -0.4 is 31.2 Å². The molecular weight excluding hydrogens is 1010 g/mol. The molecule has 0 radical (unpaired) electrons. The SMILES string of the molecule is Cc1cc2c3c(c1)N(c1cccc(-c4ccc(C(C)(C)C)cc4)c1)c1c(c4ccccc4n1-c1ccccc1)B3c1c(c3cc(N(c4ccc(C(C)(C)C)cc4)c4ccc(C(C)(C)C)cc4)ccc3n1-c1ccccc1)N2c1ccccc1. The average molecular weight is 1080 g/mol. The highest BCUT2D eigenvalue weighted by molar-refractivity contribution is 7.01. The Kier molecular flexibility index (Phi) is 12.2. The summed E-state index contributed by atoms with van der Waals surface area (Å²) in [6, 6.07) is 91.2. The third kappa shape index (κ3) is 8.68. The summed E-state index contributed by atoms with van der Waals surface area (Å²) in [6.07, 6.45) is 0. The lowest BCUT2D eigenvalue weighted by Crippen LogP contribution is -2.63. The van der Waals surface area contributed by atoms with E-state index in [1.807, 2.05) is 0 Å². The van der Waals surface area contributed by atoms with Gasteiger partial charge in [-0.2, -0.15) is 0 Å². The summed E-state index contributed by atoms with van der Waals surface area (Å²) < 4.78 is 5.13. The molecule has 14 rings (SSSR count). The fourth-order valence-electron chi connectivity index (χ4n) is 13.2. The molecule has 0 bridgehead atoms. The highest BCUT2D eigenvalue weighted by Crippen LogP contribution is 2.51. The van der Waals surface area contributed by atoms with Crippen LogP contribution in [-0.4, -0.2) is 15.8 Å². The summed E-state index contributed by atoms with van der Waals surface area (Å²) in [7, 11) is 0. The van der Waals surface area contributed by atoms with Crippen LogP contribution in [0.3, 0.4) is 0 Å². The van der Waals surface area contributed by atoms with E-state index < -0.39 is 0 Å². The molecular formula is C77H70BN5. The molecule has 5 nitrogen and oxygen atoms in total. The highest BCUT2D eigenvalue weighted by atomic mass is 15.3. The number of benzene rings is 10. The Morgan fingerprint density at radius 3 is 1.39 bits per heavy atom. The molecule has 0 saturated carbocycles. The van der Waals surface area contributed by atoms with E-state index in [-0.39, 0.29) is 23.0 Å². The normalized spacial score (nSPS) is 13.1. The van der Waals surface area contributed by atoms with E-state index in [9.17, 15) is 0 Å². The summed E-state index contributed by atoms with van der Waals surface area (Å²) in [5, 5.41) is 2.39. The molecule has 2 aliphatic rings. The van der Waals surface area contributed by atoms with E-state index >= 15 is 0 Å². The Morgan fingerprint density at radius 1 is 0.349 bits per heavy atom. The molecule has 12 aromatic rings. The van der Waals surface area contributed by atoms with Crippen LogP contribution in [0.2, 0.25) is 0 Å². The van der Waals surface area contributed by atoms with Crippen LogP contribution in [0.15, 0.2) is 243 Å². The van der Waals surface area contributed by atoms with Crippen molar-refractivity contribution in [1.82, 2.24) is 9.13 Å². The zero-order valence-electron chi connectivity index (χ0n) is 49.4. The van der Waals surface area contributed by atoms with Crippen molar-refractivity contribution in [2.45, 2.75) is 85.5 Å². The van der Waals surface area contributed by atoms with Crippen molar-refractivity contribution in [3.63, 3.8) is 0 Å². The topological polar surface area (TPSA) is 19.6 Å². The molecule has 0 aliphatic carbocycles. The number of fused-ring (bicyclic) bond motifs is 8. The fraction of sp³-hybridized carbons (Fsp3) is 0.169. The van der Waals surface area contributed by atoms with E-state index in [1.165, 1.54) is 77.7 Å². The first-order valence-electron chi connectivity index (χ1n) is 29.5. The first-order chi connectivity index (χ1) is 40.0. The quantitative estimate of drug-likeness (QED) is 0.141. The molecule has 0 amide bonds. The maximum absolute atomic E-state index is 2.60. The van der Waals surface area contributed by atoms with E-state index in [2.05, 4.69) is 336 Å². The van der Waals surface area contributed by atoms with E-state index in [1.54, 1.807) is 0 Å². The van der Waals surface area contributed by atoms with Gasteiger partial charge in [0, 0.05) is 62.2 Å². The number of aromatic nitrogens is 2. The lowest BCUT2D eigenvalue weighted by Gasteiger charge is -2.43. The van der Waals surface area contributed by atoms with Crippen molar-refractivity contribution in [3.05, 3.63) is 265 Å². The van der Waals surface area contributed by atoms with Gasteiger partial charge in [-0.25, -0.2) is 0 Å². The second-order valence-corrected chi connectivity index (χ2v) is 26.0. The molecule has 10 aromatic carbocycles. The number of nitrogens with zero attached hydrogens (tertiary/aromatic N) is 5. The predicted molar refractivity (Wildman–Crippen MR) is 355 cm³/mol. The van der Waals surface area contributed by atoms with Crippen LogP contribution in [0.25, 0.3) is 44.3 Å². The fourth-order valence-corrected chi connectivity index (χ4v) is 13.2. The van der Waals surface area contributed by atoms with E-state index in [0.717, 1.165) is 56.7 Å². The second kappa shape index (κ2) is 19.5. The van der Waals surface area contributed by atoms with Crippen LogP contribution in [0, 0.1) is 6.92 Å². The number of hydrogen-bond acceptors (Lipinski definition) is 3. The molecule has 2 aliphatic heterocycles. The van der Waals surface area contributed by atoms with Gasteiger partial charge in [0.05, 0.1) is 16.7 Å². The minimum Gasteiger partial charge on any atom is -0.319 e. The summed E-state index contributed by atoms with van der Waals surface area (Å²) in [4.78, 5) is 7.64. The number of anilines is 9. The van der Waals surface area contributed by atoms with E-state index in [0.29, 0.717) is 0 Å². The third-order valence-electron chi connectivity index (χ3n) is 17.4. The molecule has 6 heteroatoms. The van der Waals surface area contributed by atoms with Gasteiger partial charge in [-0.3, -0.25) is 9.47 Å². The lowest BCUT2D eigenvalue weighted by atomic mass is 9.35. The number of hydrogen-bond donors (Lipinski definition) is 0. The van der Waals surface area contributed by atoms with Crippen molar-refractivity contribution < 1.29 is 0 Å². The molecule has 0 unspecified atom stereocenters. The van der Waals surface area contributed by atoms with Crippen molar-refractivity contribution in [1.29, 1.82) is 0 Å². The Bertz CT molecular complexity index is 4360. The average Bonchev–Trinajstić information content (AvgIpc) is 1.68. The molecule has 2 aromatic heterocycles. The predicted octanol–water partition coefficient (Wildman–Crippen LogP) is 19.0. The third-order valence-corrected chi connectivity index (χ3v) is 17.4. The van der Waals surface area contributed by atoms with Crippen LogP contribution in [0.5, 0.6) is 0 Å². The smallest absolute Gasteiger partial charge is 0.276 e. The van der Waals surface area contributed by atoms with E-state index in [4.69, 9.17) is 0 Å². The van der Waals surface area contributed by atoms with Crippen molar-refractivity contribution in [2.24, 2.45) is 0 Å². The van der Waals surface area contributed by atoms with Gasteiger partial charge in [0.15, 0.2) is 0 Å². The molecule has 83 heavy (non-hydrogen) atoms. The molecule has 4 heterocycles. The molecule has 0 spiro atoms. The number of rotatable bonds is 8. The van der Waals surface area contributed by atoms with Gasteiger partial charge in [-0.05, 0) is 182 Å². The van der Waals surface area contributed by atoms with Crippen LogP contribution in [-0.2, 0) is 16.2 Å². The lowest BCUT2D eigenvalue weighted by molar-refractivity contribution is 0.590. The Hall–Kier alpha value is -9.26. The van der Waals surface area contributed by atoms with Crippen LogP contribution >= 0.6 is 0 Å². The highest BCUT2D eigenvalue weighted by Gasteiger charge is 2.49. The largest absolute Gasteiger partial charge is 0.319 e. The van der Waals surface area contributed by atoms with Crippen molar-refractivity contribution in [2.75, 3.05) is 14.7 Å². The molecule has 0 saturated heterocycles. The van der Waals surface area contributed by atoms with Gasteiger partial charge >= 0.3 is 0 Å². The van der Waals surface area contributed by atoms with Gasteiger partial charge in [-0.15, -0.1) is 0 Å². The minimum atomic E-state index is -0.216. The van der Waals surface area contributed by atoms with Gasteiger partial charge in [-0.1, -0.05) is 196 Å². The van der Waals surface area contributed by atoms with Crippen LogP contribution in [0.1, 0.15) is 84.6 Å². The second-order valence-electron chi connectivity index (χ2n) is 26.0. The zero-order chi connectivity index (χ0) is 57.1. The van der Waals surface area contributed by atoms with Gasteiger partial charge in [0.1, 0.15) is 5.82 Å². The molecule has 0 N–H and O–H groups in total. The molecule has 0 atom stereocenters. The van der Waals surface area contributed by atoms with Crippen LogP contribution in [0.4, 0.5) is 51.3 Å². The Labute approximate surface area is 490 Å². The van der Waals surface area contributed by atoms with Gasteiger partial charge in [0.25, 0.3) is 6.71 Å².